The molecule has 1 aliphatic rings. The lowest BCUT2D eigenvalue weighted by atomic mass is 9.98. The third-order valence-electron chi connectivity index (χ3n) is 5.32. The number of thiocarbonyl (C=S) groups is 1. The van der Waals surface area contributed by atoms with Gasteiger partial charge < -0.3 is 15.0 Å². The summed E-state index contributed by atoms with van der Waals surface area (Å²) in [6.45, 7) is 6.42. The molecule has 2 aromatic rings. The molecule has 3 rings (SSSR count). The van der Waals surface area contributed by atoms with E-state index in [0.29, 0.717) is 39.6 Å². The van der Waals surface area contributed by atoms with Crippen LogP contribution in [0.4, 0.5) is 5.69 Å². The summed E-state index contributed by atoms with van der Waals surface area (Å²) in [6.07, 6.45) is 2.96. The van der Waals surface area contributed by atoms with E-state index in [1.54, 1.807) is 36.4 Å². The number of benzene rings is 2. The molecule has 2 amide bonds. The van der Waals surface area contributed by atoms with Crippen molar-refractivity contribution in [3.05, 3.63) is 58.1 Å². The number of halogens is 1. The number of piperidine rings is 1. The monoisotopic (exact) mass is 517 g/mol. The number of carbonyl (C=O) groups is 2. The van der Waals surface area contributed by atoms with Gasteiger partial charge in [-0.25, -0.2) is 0 Å². The van der Waals surface area contributed by atoms with E-state index >= 15 is 0 Å². The number of anilines is 1. The van der Waals surface area contributed by atoms with Crippen LogP contribution in [0.5, 0.6) is 5.75 Å². The number of hydrogen-bond donors (Lipinski definition) is 2. The summed E-state index contributed by atoms with van der Waals surface area (Å²) in [4.78, 5) is 27.3. The van der Waals surface area contributed by atoms with Gasteiger partial charge in [0, 0.05) is 29.9 Å². The number of amides is 2. The van der Waals surface area contributed by atoms with Crippen molar-refractivity contribution in [2.45, 2.75) is 33.1 Å². The van der Waals surface area contributed by atoms with Crippen LogP contribution in [0, 0.1) is 5.92 Å². The van der Waals surface area contributed by atoms with Crippen LogP contribution >= 0.6 is 28.1 Å². The van der Waals surface area contributed by atoms with Crippen molar-refractivity contribution in [3.8, 4) is 5.75 Å². The zero-order valence-corrected chi connectivity index (χ0v) is 20.7. The van der Waals surface area contributed by atoms with Crippen molar-refractivity contribution in [2.24, 2.45) is 5.92 Å². The maximum Gasteiger partial charge on any atom is 0.257 e. The summed E-state index contributed by atoms with van der Waals surface area (Å²) in [7, 11) is 0. The minimum atomic E-state index is -0.333. The molecule has 0 spiro atoms. The van der Waals surface area contributed by atoms with Gasteiger partial charge in [0.2, 0.25) is 0 Å². The van der Waals surface area contributed by atoms with Crippen LogP contribution in [0.3, 0.4) is 0 Å². The molecule has 0 unspecified atom stereocenters. The number of carbonyl (C=O) groups excluding carboxylic acids is 2. The van der Waals surface area contributed by atoms with E-state index in [9.17, 15) is 9.59 Å². The topological polar surface area (TPSA) is 70.7 Å². The summed E-state index contributed by atoms with van der Waals surface area (Å²) < 4.78 is 6.32. The highest BCUT2D eigenvalue weighted by Crippen LogP contribution is 2.26. The second-order valence-corrected chi connectivity index (χ2v) is 9.22. The predicted molar refractivity (Wildman–Crippen MR) is 134 cm³/mol. The van der Waals surface area contributed by atoms with Gasteiger partial charge in [0.25, 0.3) is 11.8 Å². The molecule has 8 heteroatoms. The van der Waals surface area contributed by atoms with Crippen LogP contribution in [-0.4, -0.2) is 41.5 Å². The van der Waals surface area contributed by atoms with Crippen LogP contribution in [0.2, 0.25) is 0 Å². The molecular formula is C24H28BrN3O3S. The molecule has 32 heavy (non-hydrogen) atoms. The summed E-state index contributed by atoms with van der Waals surface area (Å²) in [6, 6.07) is 12.3. The van der Waals surface area contributed by atoms with Gasteiger partial charge in [0.05, 0.1) is 11.1 Å². The molecule has 1 heterocycles. The van der Waals surface area contributed by atoms with Gasteiger partial charge in [-0.1, -0.05) is 19.9 Å². The second-order valence-electron chi connectivity index (χ2n) is 7.96. The molecule has 170 valence electrons. The van der Waals surface area contributed by atoms with Crippen molar-refractivity contribution >= 4 is 50.8 Å². The number of nitrogens with zero attached hydrogens (tertiary/aromatic N) is 1. The fourth-order valence-corrected chi connectivity index (χ4v) is 4.14. The first kappa shape index (κ1) is 24.2. The standard InChI is InChI=1S/C24H28BrN3O3S/c1-3-13-31-21-8-7-17(15-20(21)25)22(29)27-24(32)26-19-6-4-5-18(14-19)23(30)28-11-9-16(2)10-12-28/h4-8,14-16H,3,9-13H2,1-2H3,(H2,26,27,29,32). The van der Waals surface area contributed by atoms with Crippen LogP contribution in [0.25, 0.3) is 0 Å². The lowest BCUT2D eigenvalue weighted by molar-refractivity contribution is 0.0697. The maximum absolute atomic E-state index is 12.8. The van der Waals surface area contributed by atoms with Gasteiger partial charge in [-0.15, -0.1) is 0 Å². The van der Waals surface area contributed by atoms with Crippen molar-refractivity contribution in [1.82, 2.24) is 10.2 Å². The Balaban J connectivity index is 1.59. The maximum atomic E-state index is 12.8. The largest absolute Gasteiger partial charge is 0.492 e. The van der Waals surface area contributed by atoms with Gasteiger partial charge in [0.15, 0.2) is 5.11 Å². The lowest BCUT2D eigenvalue weighted by Gasteiger charge is -2.30. The first-order valence-electron chi connectivity index (χ1n) is 10.8. The minimum Gasteiger partial charge on any atom is -0.492 e. The SMILES string of the molecule is CCCOc1ccc(C(=O)NC(=S)Nc2cccc(C(=O)N3CCC(C)CC3)c2)cc1Br. The molecule has 0 bridgehead atoms. The van der Waals surface area contributed by atoms with E-state index in [2.05, 4.69) is 33.5 Å². The van der Waals surface area contributed by atoms with Crippen LogP contribution in [0.1, 0.15) is 53.8 Å². The highest BCUT2D eigenvalue weighted by Gasteiger charge is 2.21. The normalized spacial score (nSPS) is 14.0. The molecule has 0 radical (unpaired) electrons. The number of nitrogens with one attached hydrogen (secondary N) is 2. The Morgan fingerprint density at radius 3 is 2.59 bits per heavy atom. The summed E-state index contributed by atoms with van der Waals surface area (Å²) >= 11 is 8.73. The highest BCUT2D eigenvalue weighted by atomic mass is 79.9. The van der Waals surface area contributed by atoms with E-state index in [1.165, 1.54) is 0 Å². The zero-order valence-electron chi connectivity index (χ0n) is 18.3. The lowest BCUT2D eigenvalue weighted by Crippen LogP contribution is -2.38. The average Bonchev–Trinajstić information content (AvgIpc) is 2.78. The van der Waals surface area contributed by atoms with E-state index < -0.39 is 0 Å². The Morgan fingerprint density at radius 2 is 1.91 bits per heavy atom. The quantitative estimate of drug-likeness (QED) is 0.512. The van der Waals surface area contributed by atoms with Crippen molar-refractivity contribution in [3.63, 3.8) is 0 Å². The molecule has 2 aromatic carbocycles. The van der Waals surface area contributed by atoms with Gasteiger partial charge >= 0.3 is 0 Å². The highest BCUT2D eigenvalue weighted by molar-refractivity contribution is 9.10. The Labute approximate surface area is 202 Å². The molecular weight excluding hydrogens is 490 g/mol. The Bertz CT molecular complexity index is 990. The first-order chi connectivity index (χ1) is 15.4. The fraction of sp³-hybridized carbons (Fsp3) is 0.375. The molecule has 0 aliphatic carbocycles. The van der Waals surface area contributed by atoms with E-state index in [0.717, 1.165) is 32.4 Å². The van der Waals surface area contributed by atoms with Crippen molar-refractivity contribution in [2.75, 3.05) is 25.0 Å². The summed E-state index contributed by atoms with van der Waals surface area (Å²) in [5.74, 6) is 1.04. The number of hydrogen-bond acceptors (Lipinski definition) is 4. The predicted octanol–water partition coefficient (Wildman–Crippen LogP) is 5.24. The molecule has 0 saturated carbocycles. The fourth-order valence-electron chi connectivity index (χ4n) is 3.43. The van der Waals surface area contributed by atoms with Gasteiger partial charge in [-0.2, -0.15) is 0 Å². The van der Waals surface area contributed by atoms with Crippen molar-refractivity contribution in [1.29, 1.82) is 0 Å². The second kappa shape index (κ2) is 11.4. The number of likely N-dealkylation sites (tertiary alicyclic amines) is 1. The van der Waals surface area contributed by atoms with E-state index in [1.807, 2.05) is 17.9 Å². The number of rotatable bonds is 6. The third-order valence-corrected chi connectivity index (χ3v) is 6.14. The summed E-state index contributed by atoms with van der Waals surface area (Å²) in [5.41, 5.74) is 1.70. The molecule has 0 atom stereocenters. The Kier molecular flexibility index (Phi) is 8.64. The Morgan fingerprint density at radius 1 is 1.16 bits per heavy atom. The van der Waals surface area contributed by atoms with Crippen LogP contribution in [-0.2, 0) is 0 Å². The first-order valence-corrected chi connectivity index (χ1v) is 12.0. The molecule has 1 aliphatic heterocycles. The van der Waals surface area contributed by atoms with Crippen LogP contribution < -0.4 is 15.4 Å². The number of ether oxygens (including phenoxy) is 1. The van der Waals surface area contributed by atoms with Gasteiger partial charge in [0.1, 0.15) is 5.75 Å². The summed E-state index contributed by atoms with van der Waals surface area (Å²) in [5, 5.41) is 5.83. The smallest absolute Gasteiger partial charge is 0.257 e. The van der Waals surface area contributed by atoms with Crippen molar-refractivity contribution < 1.29 is 14.3 Å². The molecule has 6 nitrogen and oxygen atoms in total. The zero-order chi connectivity index (χ0) is 23.1. The molecule has 1 saturated heterocycles. The van der Waals surface area contributed by atoms with E-state index in [4.69, 9.17) is 17.0 Å². The van der Waals surface area contributed by atoms with E-state index in [-0.39, 0.29) is 16.9 Å². The minimum absolute atomic E-state index is 0.0192. The van der Waals surface area contributed by atoms with Gasteiger partial charge in [-0.05, 0) is 89.7 Å². The molecule has 1 fully saturated rings. The molecule has 2 N–H and O–H groups in total. The molecule has 0 aromatic heterocycles. The third kappa shape index (κ3) is 6.53. The van der Waals surface area contributed by atoms with Gasteiger partial charge in [-0.3, -0.25) is 14.9 Å². The van der Waals surface area contributed by atoms with Crippen LogP contribution in [0.15, 0.2) is 46.9 Å². The average molecular weight is 518 g/mol. The Hall–Kier alpha value is -2.45.